The predicted molar refractivity (Wildman–Crippen MR) is 103 cm³/mol. The van der Waals surface area contributed by atoms with Gasteiger partial charge in [0.1, 0.15) is 18.8 Å². The smallest absolute Gasteiger partial charge is 0.274 e. The van der Waals surface area contributed by atoms with Gasteiger partial charge < -0.3 is 0 Å². The SMILES string of the molecule is Cc1ccc([C@H](F)CN2C(=O)CC(=O)N(C[C@@H](F)c3ccc(C)cc3)C2=O)cc1. The zero-order valence-corrected chi connectivity index (χ0v) is 16.3. The molecule has 0 saturated carbocycles. The highest BCUT2D eigenvalue weighted by Gasteiger charge is 2.40. The highest BCUT2D eigenvalue weighted by atomic mass is 19.1. The average Bonchev–Trinajstić information content (AvgIpc) is 2.69. The molecule has 0 bridgehead atoms. The van der Waals surface area contributed by atoms with Gasteiger partial charge in [-0.05, 0) is 25.0 Å². The summed E-state index contributed by atoms with van der Waals surface area (Å²) in [5, 5.41) is 0. The van der Waals surface area contributed by atoms with E-state index in [1.807, 2.05) is 13.8 Å². The van der Waals surface area contributed by atoms with Crippen LogP contribution >= 0.6 is 0 Å². The summed E-state index contributed by atoms with van der Waals surface area (Å²) in [5.74, 6) is -1.56. The number of halogens is 2. The van der Waals surface area contributed by atoms with Crippen molar-refractivity contribution < 1.29 is 23.2 Å². The lowest BCUT2D eigenvalue weighted by Crippen LogP contribution is -2.56. The first-order chi connectivity index (χ1) is 13.8. The number of aryl methyl sites for hydroxylation is 2. The van der Waals surface area contributed by atoms with E-state index in [1.54, 1.807) is 48.5 Å². The molecule has 1 heterocycles. The van der Waals surface area contributed by atoms with Gasteiger partial charge in [-0.25, -0.2) is 13.6 Å². The van der Waals surface area contributed by atoms with Crippen molar-refractivity contribution >= 4 is 17.8 Å². The standard InChI is InChI=1S/C22H22F2N2O3/c1-14-3-7-16(8-4-14)18(23)12-25-20(27)11-21(28)26(22(25)29)13-19(24)17-9-5-15(2)6-10-17/h3-10,18-19H,11-13H2,1-2H3/t18-,19-/m1/s1. The first-order valence-corrected chi connectivity index (χ1v) is 9.32. The van der Waals surface area contributed by atoms with Crippen LogP contribution in [0.2, 0.25) is 0 Å². The Kier molecular flexibility index (Phi) is 6.06. The Morgan fingerprint density at radius 3 is 1.41 bits per heavy atom. The van der Waals surface area contributed by atoms with Crippen LogP contribution < -0.4 is 0 Å². The van der Waals surface area contributed by atoms with E-state index in [-0.39, 0.29) is 0 Å². The van der Waals surface area contributed by atoms with Crippen LogP contribution in [0.5, 0.6) is 0 Å². The summed E-state index contributed by atoms with van der Waals surface area (Å²) in [6, 6.07) is 12.2. The van der Waals surface area contributed by atoms with Crippen molar-refractivity contribution in [3.8, 4) is 0 Å². The summed E-state index contributed by atoms with van der Waals surface area (Å²) < 4.78 is 29.3. The van der Waals surface area contributed by atoms with Crippen LogP contribution in [0.15, 0.2) is 48.5 Å². The molecule has 7 heteroatoms. The molecule has 0 radical (unpaired) electrons. The lowest BCUT2D eigenvalue weighted by Gasteiger charge is -2.34. The molecule has 1 saturated heterocycles. The van der Waals surface area contributed by atoms with Crippen molar-refractivity contribution in [3.05, 3.63) is 70.8 Å². The summed E-state index contributed by atoms with van der Waals surface area (Å²) in [6.07, 6.45) is -3.79. The van der Waals surface area contributed by atoms with E-state index in [1.165, 1.54) is 0 Å². The minimum absolute atomic E-state index is 0.322. The fraction of sp³-hybridized carbons (Fsp3) is 0.318. The van der Waals surface area contributed by atoms with Gasteiger partial charge in [0.2, 0.25) is 11.8 Å². The molecule has 5 nitrogen and oxygen atoms in total. The summed E-state index contributed by atoms with van der Waals surface area (Å²) in [4.78, 5) is 38.4. The predicted octanol–water partition coefficient (Wildman–Crippen LogP) is 4.21. The van der Waals surface area contributed by atoms with Crippen molar-refractivity contribution in [2.75, 3.05) is 13.1 Å². The molecule has 0 N–H and O–H groups in total. The van der Waals surface area contributed by atoms with E-state index in [0.29, 0.717) is 20.9 Å². The number of hydrogen-bond acceptors (Lipinski definition) is 3. The normalized spacial score (nSPS) is 16.9. The minimum Gasteiger partial charge on any atom is -0.274 e. The first kappa shape index (κ1) is 20.6. The zero-order valence-electron chi connectivity index (χ0n) is 16.3. The quantitative estimate of drug-likeness (QED) is 0.683. The van der Waals surface area contributed by atoms with E-state index < -0.39 is 49.7 Å². The highest BCUT2D eigenvalue weighted by Crippen LogP contribution is 2.25. The van der Waals surface area contributed by atoms with E-state index in [4.69, 9.17) is 0 Å². The van der Waals surface area contributed by atoms with Gasteiger partial charge in [0.15, 0.2) is 0 Å². The molecule has 0 aromatic heterocycles. The molecule has 0 aliphatic carbocycles. The molecule has 0 spiro atoms. The molecule has 1 aliphatic heterocycles. The van der Waals surface area contributed by atoms with Gasteiger partial charge in [0.25, 0.3) is 0 Å². The molecule has 2 atom stereocenters. The molecular weight excluding hydrogens is 378 g/mol. The third-order valence-electron chi connectivity index (χ3n) is 4.93. The van der Waals surface area contributed by atoms with Crippen LogP contribution in [0, 0.1) is 13.8 Å². The number of rotatable bonds is 6. The average molecular weight is 400 g/mol. The molecule has 3 rings (SSSR count). The Hall–Kier alpha value is -3.09. The number of benzene rings is 2. The van der Waals surface area contributed by atoms with Crippen molar-refractivity contribution in [2.45, 2.75) is 32.6 Å². The molecule has 1 fully saturated rings. The number of imide groups is 2. The lowest BCUT2D eigenvalue weighted by atomic mass is 10.1. The van der Waals surface area contributed by atoms with Crippen LogP contribution in [0.1, 0.15) is 41.0 Å². The minimum atomic E-state index is -1.60. The number of carbonyl (C=O) groups is 3. The van der Waals surface area contributed by atoms with Crippen LogP contribution in [0.3, 0.4) is 0 Å². The monoisotopic (exact) mass is 400 g/mol. The van der Waals surface area contributed by atoms with Crippen LogP contribution in [0.4, 0.5) is 13.6 Å². The Labute approximate surface area is 167 Å². The van der Waals surface area contributed by atoms with Gasteiger partial charge in [-0.2, -0.15) is 0 Å². The van der Waals surface area contributed by atoms with Crippen LogP contribution in [-0.4, -0.2) is 40.7 Å². The topological polar surface area (TPSA) is 57.7 Å². The number of barbiturate groups is 1. The largest absolute Gasteiger partial charge is 0.333 e. The summed E-state index contributed by atoms with van der Waals surface area (Å²) >= 11 is 0. The zero-order chi connectivity index (χ0) is 21.1. The third kappa shape index (κ3) is 4.67. The van der Waals surface area contributed by atoms with Crippen molar-refractivity contribution in [3.63, 3.8) is 0 Å². The third-order valence-corrected chi connectivity index (χ3v) is 4.93. The number of nitrogens with zero attached hydrogens (tertiary/aromatic N) is 2. The molecule has 0 unspecified atom stereocenters. The Morgan fingerprint density at radius 1 is 0.724 bits per heavy atom. The number of hydrogen-bond donors (Lipinski definition) is 0. The van der Waals surface area contributed by atoms with Gasteiger partial charge in [0.05, 0.1) is 13.1 Å². The van der Waals surface area contributed by atoms with Gasteiger partial charge in [-0.3, -0.25) is 19.4 Å². The Morgan fingerprint density at radius 2 is 1.07 bits per heavy atom. The fourth-order valence-corrected chi connectivity index (χ4v) is 3.12. The summed E-state index contributed by atoms with van der Waals surface area (Å²) in [5.41, 5.74) is 2.55. The second kappa shape index (κ2) is 8.51. The molecule has 4 amide bonds. The lowest BCUT2D eigenvalue weighted by molar-refractivity contribution is -0.143. The summed E-state index contributed by atoms with van der Waals surface area (Å²) in [6.45, 7) is 2.68. The molecule has 152 valence electrons. The first-order valence-electron chi connectivity index (χ1n) is 9.32. The number of amides is 4. The van der Waals surface area contributed by atoms with E-state index in [9.17, 15) is 23.2 Å². The second-order valence-electron chi connectivity index (χ2n) is 7.22. The molecule has 29 heavy (non-hydrogen) atoms. The Bertz CT molecular complexity index is 839. The number of carbonyl (C=O) groups excluding carboxylic acids is 3. The van der Waals surface area contributed by atoms with Gasteiger partial charge in [-0.15, -0.1) is 0 Å². The van der Waals surface area contributed by atoms with Gasteiger partial charge >= 0.3 is 6.03 Å². The van der Waals surface area contributed by atoms with Crippen molar-refractivity contribution in [2.24, 2.45) is 0 Å². The Balaban J connectivity index is 1.73. The second-order valence-corrected chi connectivity index (χ2v) is 7.22. The van der Waals surface area contributed by atoms with E-state index in [0.717, 1.165) is 11.1 Å². The highest BCUT2D eigenvalue weighted by molar-refractivity contribution is 6.14. The van der Waals surface area contributed by atoms with Gasteiger partial charge in [0, 0.05) is 0 Å². The van der Waals surface area contributed by atoms with Crippen LogP contribution in [-0.2, 0) is 9.59 Å². The maximum atomic E-state index is 14.7. The molecule has 2 aromatic rings. The maximum absolute atomic E-state index is 14.7. The number of alkyl halides is 2. The summed E-state index contributed by atoms with van der Waals surface area (Å²) in [7, 11) is 0. The van der Waals surface area contributed by atoms with Crippen molar-refractivity contribution in [1.82, 2.24) is 9.80 Å². The molecular formula is C22H22F2N2O3. The molecule has 2 aromatic carbocycles. The van der Waals surface area contributed by atoms with Crippen molar-refractivity contribution in [1.29, 1.82) is 0 Å². The fourth-order valence-electron chi connectivity index (χ4n) is 3.12. The number of urea groups is 1. The van der Waals surface area contributed by atoms with Gasteiger partial charge in [-0.1, -0.05) is 59.7 Å². The van der Waals surface area contributed by atoms with Crippen LogP contribution in [0.25, 0.3) is 0 Å². The maximum Gasteiger partial charge on any atom is 0.333 e. The van der Waals surface area contributed by atoms with E-state index in [2.05, 4.69) is 0 Å². The molecule has 1 aliphatic rings. The van der Waals surface area contributed by atoms with E-state index >= 15 is 0 Å².